The van der Waals surface area contributed by atoms with Gasteiger partial charge in [0.25, 0.3) is 0 Å². The van der Waals surface area contributed by atoms with Gasteiger partial charge in [-0.1, -0.05) is 88.4 Å². The second-order valence-electron chi connectivity index (χ2n) is 24.9. The van der Waals surface area contributed by atoms with Gasteiger partial charge in [0, 0.05) is 73.8 Å². The highest BCUT2D eigenvalue weighted by Crippen LogP contribution is 2.32. The molecule has 21 N–H and O–H groups in total. The largest absolute Gasteiger partial charge is 0.508 e. The summed E-state index contributed by atoms with van der Waals surface area (Å²) >= 11 is 1.46. The zero-order chi connectivity index (χ0) is 68.0. The van der Waals surface area contributed by atoms with Crippen molar-refractivity contribution in [2.24, 2.45) is 85.1 Å². The number of Topliss-reactive ketones (excluding diaryl/α,β-unsaturated/α-hetero) is 3. The minimum absolute atomic E-state index is 0.0102. The summed E-state index contributed by atoms with van der Waals surface area (Å²) in [7, 11) is 0. The van der Waals surface area contributed by atoms with E-state index in [4.69, 9.17) is 40.1 Å². The molecule has 1 aromatic heterocycles. The van der Waals surface area contributed by atoms with Gasteiger partial charge < -0.3 is 76.6 Å². The summed E-state index contributed by atoms with van der Waals surface area (Å²) in [5.74, 6) is -8.63. The highest BCUT2D eigenvalue weighted by Gasteiger charge is 2.41. The molecule has 3 aromatic carbocycles. The third-order valence-corrected chi connectivity index (χ3v) is 17.7. The molecule has 0 aliphatic rings. The summed E-state index contributed by atoms with van der Waals surface area (Å²) in [5, 5.41) is 33.2. The molecule has 6 atom stereocenters. The van der Waals surface area contributed by atoms with E-state index in [1.54, 1.807) is 58.2 Å². The van der Waals surface area contributed by atoms with Crippen LogP contribution in [0.4, 0.5) is 0 Å². The van der Waals surface area contributed by atoms with Crippen LogP contribution in [0.1, 0.15) is 128 Å². The van der Waals surface area contributed by atoms with Crippen molar-refractivity contribution >= 4 is 81.5 Å². The number of thioether (sulfide) groups is 1. The van der Waals surface area contributed by atoms with Crippen molar-refractivity contribution in [3.05, 3.63) is 102 Å². The molecule has 0 bridgehead atoms. The fourth-order valence-electron chi connectivity index (χ4n) is 11.8. The fraction of sp³-hybridized carbons (Fsp3) is 0.552. The number of phenolic OH excluding ortho intramolecular Hbond substituents is 1. The van der Waals surface area contributed by atoms with E-state index >= 15 is 4.79 Å². The number of benzene rings is 3. The topological polar surface area (TPSA) is 448 Å². The third-order valence-electron chi connectivity index (χ3n) is 17.0. The number of ketones is 3. The van der Waals surface area contributed by atoms with E-state index in [0.29, 0.717) is 37.0 Å². The number of hydrogen-bond acceptors (Lipinski definition) is 15. The van der Waals surface area contributed by atoms with Crippen LogP contribution in [-0.2, 0) is 57.6 Å². The number of H-pyrrole nitrogens is 1. The van der Waals surface area contributed by atoms with Gasteiger partial charge in [0.1, 0.15) is 5.75 Å². The van der Waals surface area contributed by atoms with Crippen molar-refractivity contribution in [1.29, 1.82) is 0 Å². The van der Waals surface area contributed by atoms with Gasteiger partial charge in [-0.25, -0.2) is 0 Å². The Hall–Kier alpha value is -7.87. The monoisotopic (exact) mass is 1290 g/mol. The number of nitrogens with zero attached hydrogens (tertiary/aromatic N) is 2. The van der Waals surface area contributed by atoms with Crippen LogP contribution < -0.4 is 61.4 Å². The number of carbonyl (C=O) groups is 8. The lowest BCUT2D eigenvalue weighted by Crippen LogP contribution is -2.53. The Kier molecular flexibility index (Phi) is 32.3. The number of nitrogens with two attached hydrogens (primary N) is 7. The summed E-state index contributed by atoms with van der Waals surface area (Å²) in [6.07, 6.45) is 5.15. The van der Waals surface area contributed by atoms with Crippen molar-refractivity contribution in [3.8, 4) is 5.75 Å². The second-order valence-corrected chi connectivity index (χ2v) is 25.9. The highest BCUT2D eigenvalue weighted by atomic mass is 32.2. The first kappa shape index (κ1) is 76.6. The Morgan fingerprint density at radius 2 is 1.17 bits per heavy atom. The number of phenols is 1. The number of carboxylic acid groups (broad SMARTS) is 1. The number of hydrogen-bond donors (Lipinski definition) is 14. The molecule has 92 heavy (non-hydrogen) atoms. The maximum atomic E-state index is 15.0. The molecule has 0 unspecified atom stereocenters. The number of aromatic nitrogens is 1. The van der Waals surface area contributed by atoms with Crippen LogP contribution in [-0.4, -0.2) is 142 Å². The Labute approximate surface area is 545 Å². The van der Waals surface area contributed by atoms with Gasteiger partial charge in [-0.3, -0.25) is 48.3 Å². The quantitative estimate of drug-likeness (QED) is 0.0169. The predicted molar refractivity (Wildman–Crippen MR) is 363 cm³/mol. The Morgan fingerprint density at radius 3 is 1.72 bits per heavy atom. The summed E-state index contributed by atoms with van der Waals surface area (Å²) in [5.41, 5.74) is 41.2. The molecule has 0 aliphatic heterocycles. The SMILES string of the molecule is CSCC[C@H](NC(=O)[C@@H](CC(=O)[C@@H](NC(=O)[C@@H](CC(=O)[C@H](Cc1ccccc1)NC(=O)C(CN)(CCCN=C(N)N)CCCN=C(N)N)Cc1ccc(O)cc1)C(C)C)C(C)C)C(=O)C[C@@H](Cc1c[nH]c2ccccc12)C(=O)NC(CCCN)(CCCN)CC(=O)O. The van der Waals surface area contributed by atoms with Crippen molar-refractivity contribution in [3.63, 3.8) is 0 Å². The average Bonchev–Trinajstić information content (AvgIpc) is 1.39. The summed E-state index contributed by atoms with van der Waals surface area (Å²) in [6.45, 7) is 7.88. The molecule has 0 radical (unpaired) electrons. The molecule has 0 spiro atoms. The van der Waals surface area contributed by atoms with Crippen LogP contribution in [0.5, 0.6) is 5.75 Å². The summed E-state index contributed by atoms with van der Waals surface area (Å²) < 4.78 is 0. The highest BCUT2D eigenvalue weighted by molar-refractivity contribution is 7.98. The molecule has 4 rings (SSSR count). The molecule has 1 heterocycles. The number of aliphatic carboxylic acids is 1. The second kappa shape index (κ2) is 38.9. The van der Waals surface area contributed by atoms with E-state index in [0.717, 1.165) is 22.0 Å². The minimum Gasteiger partial charge on any atom is -0.508 e. The van der Waals surface area contributed by atoms with Gasteiger partial charge in [-0.2, -0.15) is 11.8 Å². The molecule has 4 aromatic rings. The maximum absolute atomic E-state index is 15.0. The Balaban J connectivity index is 1.66. The van der Waals surface area contributed by atoms with Crippen molar-refractivity contribution in [2.45, 2.75) is 154 Å². The summed E-state index contributed by atoms with van der Waals surface area (Å²) in [6, 6.07) is 19.4. The molecule has 506 valence electrons. The molecular formula is C67H102N14O10S. The number of amides is 4. The van der Waals surface area contributed by atoms with Crippen LogP contribution in [0, 0.1) is 35.0 Å². The third kappa shape index (κ3) is 25.0. The number of carboxylic acids is 1. The first-order valence-corrected chi connectivity index (χ1v) is 33.3. The average molecular weight is 1300 g/mol. The smallest absolute Gasteiger partial charge is 0.305 e. The first-order valence-electron chi connectivity index (χ1n) is 31.9. The van der Waals surface area contributed by atoms with E-state index in [1.807, 2.05) is 48.7 Å². The zero-order valence-electron chi connectivity index (χ0n) is 54.3. The molecular weight excluding hydrogens is 1190 g/mol. The number of rotatable bonds is 45. The molecule has 0 saturated carbocycles. The van der Waals surface area contributed by atoms with Gasteiger partial charge >= 0.3 is 5.97 Å². The normalized spacial score (nSPS) is 13.7. The molecule has 4 amide bonds. The van der Waals surface area contributed by atoms with Gasteiger partial charge in [0.05, 0.1) is 35.5 Å². The molecule has 24 nitrogen and oxygen atoms in total. The fourth-order valence-corrected chi connectivity index (χ4v) is 12.2. The Bertz CT molecular complexity index is 3040. The van der Waals surface area contributed by atoms with Crippen molar-refractivity contribution < 1.29 is 48.6 Å². The van der Waals surface area contributed by atoms with Gasteiger partial charge in [0.15, 0.2) is 29.3 Å². The van der Waals surface area contributed by atoms with Crippen molar-refractivity contribution in [2.75, 3.05) is 44.7 Å². The van der Waals surface area contributed by atoms with Crippen LogP contribution >= 0.6 is 11.8 Å². The minimum atomic E-state index is -1.22. The van der Waals surface area contributed by atoms with Crippen LogP contribution in [0.2, 0.25) is 0 Å². The van der Waals surface area contributed by atoms with Crippen molar-refractivity contribution in [1.82, 2.24) is 26.3 Å². The van der Waals surface area contributed by atoms with E-state index in [2.05, 4.69) is 36.2 Å². The van der Waals surface area contributed by atoms with Gasteiger partial charge in [-0.15, -0.1) is 0 Å². The zero-order valence-corrected chi connectivity index (χ0v) is 55.1. The lowest BCUT2D eigenvalue weighted by molar-refractivity contribution is -0.140. The molecule has 0 fully saturated rings. The number of nitrogens with one attached hydrogen (secondary N) is 5. The number of guanidine groups is 2. The lowest BCUT2D eigenvalue weighted by Gasteiger charge is -2.35. The van der Waals surface area contributed by atoms with Gasteiger partial charge in [0.2, 0.25) is 23.6 Å². The first-order chi connectivity index (χ1) is 43.8. The van der Waals surface area contributed by atoms with Gasteiger partial charge in [-0.05, 0) is 149 Å². The number of fused-ring (bicyclic) bond motifs is 1. The van der Waals surface area contributed by atoms with E-state index in [1.165, 1.54) is 23.9 Å². The number of aliphatic imine (C=N–C) groups is 2. The van der Waals surface area contributed by atoms with E-state index in [-0.39, 0.29) is 121 Å². The lowest BCUT2D eigenvalue weighted by atomic mass is 9.77. The number of carbonyl (C=O) groups excluding carboxylic acids is 7. The molecule has 0 aliphatic carbocycles. The van der Waals surface area contributed by atoms with Crippen LogP contribution in [0.15, 0.2) is 95.0 Å². The predicted octanol–water partition coefficient (Wildman–Crippen LogP) is 4.01. The number of aromatic hydroxyl groups is 1. The summed E-state index contributed by atoms with van der Waals surface area (Å²) in [4.78, 5) is 128. The maximum Gasteiger partial charge on any atom is 0.305 e. The van der Waals surface area contributed by atoms with E-state index < -0.39 is 112 Å². The van der Waals surface area contributed by atoms with Crippen LogP contribution in [0.3, 0.4) is 0 Å². The Morgan fingerprint density at radius 1 is 0.609 bits per heavy atom. The standard InChI is InChI=1S/C67H102N14O10S/c1-42(2)51(62(90)78-53(23-32-92-5)55(83)37-47(35-48-40-77-52-18-10-9-17-50(48)52)61(89)81-67(26-11-28-68,27-12-29-69)39-58(86)87)38-57(85)59(43(3)4)80-60(88)46(33-45-19-21-49(82)22-20-45)36-56(84)54(34-44-15-7-6-8-16-44)79-63(91)66(41-70,24-13-30-75-64(71)72)25-14-31-76-65(73)74/h6-10,15-22,40,42-43,46-47,51,53-54,59,77,82H,11-14,23-39,41,68-70H2,1-5H3,(H,78,90)(H,79,91)(H,80,88)(H,81,89)(H,86,87)(H4,71,72,75)(H4,73,74,76)/t46-,47-,51+,53+,54+,59+/m1/s1. The number of para-hydroxylation sites is 1. The molecule has 0 saturated heterocycles. The molecule has 25 heteroatoms. The number of aromatic amines is 1. The van der Waals surface area contributed by atoms with Crippen LogP contribution in [0.25, 0.3) is 10.9 Å². The van der Waals surface area contributed by atoms with E-state index in [9.17, 15) is 43.8 Å².